The molecular formula is C13H14O4S. The van der Waals surface area contributed by atoms with Crippen LogP contribution in [0.3, 0.4) is 0 Å². The van der Waals surface area contributed by atoms with E-state index in [1.807, 2.05) is 18.2 Å². The number of methoxy groups -OCH3 is 1. The predicted molar refractivity (Wildman–Crippen MR) is 67.3 cm³/mol. The van der Waals surface area contributed by atoms with Crippen molar-refractivity contribution in [2.75, 3.05) is 20.3 Å². The molecule has 0 saturated heterocycles. The van der Waals surface area contributed by atoms with Gasteiger partial charge in [-0.15, -0.1) is 11.8 Å². The van der Waals surface area contributed by atoms with Crippen LogP contribution in [0.15, 0.2) is 23.1 Å². The Morgan fingerprint density at radius 3 is 2.67 bits per heavy atom. The highest BCUT2D eigenvalue weighted by atomic mass is 32.2. The maximum absolute atomic E-state index is 11.7. The van der Waals surface area contributed by atoms with Crippen LogP contribution in [0, 0.1) is 0 Å². The van der Waals surface area contributed by atoms with Gasteiger partial charge in [0.15, 0.2) is 11.5 Å². The first-order valence-corrected chi connectivity index (χ1v) is 6.72. The number of benzene rings is 1. The molecule has 0 bridgehead atoms. The van der Waals surface area contributed by atoms with E-state index in [1.54, 1.807) is 11.8 Å². The fraction of sp³-hybridized carbons (Fsp3) is 0.462. The molecule has 0 atom stereocenters. The number of esters is 1. The van der Waals surface area contributed by atoms with Crippen molar-refractivity contribution in [3.63, 3.8) is 0 Å². The Hall–Kier alpha value is -1.36. The quantitative estimate of drug-likeness (QED) is 0.785. The van der Waals surface area contributed by atoms with Gasteiger partial charge in [0.05, 0.1) is 7.11 Å². The zero-order valence-electron chi connectivity index (χ0n) is 10.1. The lowest BCUT2D eigenvalue weighted by Gasteiger charge is -2.19. The molecule has 0 radical (unpaired) electrons. The first-order chi connectivity index (χ1) is 8.73. The lowest BCUT2D eigenvalue weighted by molar-refractivity contribution is -0.140. The van der Waals surface area contributed by atoms with Crippen LogP contribution in [0.1, 0.15) is 12.8 Å². The molecule has 1 fully saturated rings. The van der Waals surface area contributed by atoms with Crippen molar-refractivity contribution in [3.8, 4) is 11.5 Å². The number of carbonyl (C=O) groups is 1. The highest BCUT2D eigenvalue weighted by molar-refractivity contribution is 8.01. The number of thioether (sulfide) groups is 1. The van der Waals surface area contributed by atoms with Crippen molar-refractivity contribution in [3.05, 3.63) is 18.2 Å². The summed E-state index contributed by atoms with van der Waals surface area (Å²) in [6.07, 6.45) is 1.75. The van der Waals surface area contributed by atoms with Crippen LogP contribution >= 0.6 is 11.8 Å². The average molecular weight is 266 g/mol. The molecule has 1 aromatic carbocycles. The molecule has 0 amide bonds. The first-order valence-electron chi connectivity index (χ1n) is 5.91. The molecule has 1 aromatic rings. The maximum atomic E-state index is 11.7. The molecule has 18 heavy (non-hydrogen) atoms. The van der Waals surface area contributed by atoms with Crippen molar-refractivity contribution in [1.82, 2.24) is 0 Å². The monoisotopic (exact) mass is 266 g/mol. The number of ether oxygens (including phenoxy) is 3. The van der Waals surface area contributed by atoms with Crippen molar-refractivity contribution in [2.45, 2.75) is 22.5 Å². The lowest BCUT2D eigenvalue weighted by Crippen LogP contribution is -2.20. The molecule has 1 heterocycles. The van der Waals surface area contributed by atoms with E-state index in [2.05, 4.69) is 0 Å². The van der Waals surface area contributed by atoms with Crippen LogP contribution in [0.4, 0.5) is 0 Å². The van der Waals surface area contributed by atoms with Gasteiger partial charge in [0.1, 0.15) is 18.0 Å². The van der Waals surface area contributed by atoms with Gasteiger partial charge in [0.25, 0.3) is 0 Å². The molecule has 2 aliphatic rings. The van der Waals surface area contributed by atoms with Gasteiger partial charge in [0, 0.05) is 4.90 Å². The Kier molecular flexibility index (Phi) is 2.86. The summed E-state index contributed by atoms with van der Waals surface area (Å²) in [7, 11) is 1.44. The Morgan fingerprint density at radius 2 is 2.00 bits per heavy atom. The molecule has 0 spiro atoms. The minimum atomic E-state index is -0.376. The van der Waals surface area contributed by atoms with E-state index >= 15 is 0 Å². The van der Waals surface area contributed by atoms with Crippen molar-refractivity contribution in [2.24, 2.45) is 0 Å². The van der Waals surface area contributed by atoms with Crippen molar-refractivity contribution < 1.29 is 19.0 Å². The number of rotatable bonds is 3. The Labute approximate surface area is 110 Å². The number of hydrogen-bond donors (Lipinski definition) is 0. The van der Waals surface area contributed by atoms with Gasteiger partial charge in [-0.1, -0.05) is 0 Å². The summed E-state index contributed by atoms with van der Waals surface area (Å²) >= 11 is 1.55. The second kappa shape index (κ2) is 4.39. The summed E-state index contributed by atoms with van der Waals surface area (Å²) in [5, 5.41) is 0. The Balaban J connectivity index is 1.79. The molecule has 3 rings (SSSR count). The molecule has 0 N–H and O–H groups in total. The molecule has 1 aliphatic heterocycles. The topological polar surface area (TPSA) is 44.8 Å². The number of carbonyl (C=O) groups excluding carboxylic acids is 1. The van der Waals surface area contributed by atoms with Crippen LogP contribution in [-0.2, 0) is 9.53 Å². The summed E-state index contributed by atoms with van der Waals surface area (Å²) in [5.74, 6) is 1.39. The predicted octanol–water partition coefficient (Wildman–Crippen LogP) is 2.26. The van der Waals surface area contributed by atoms with E-state index in [0.29, 0.717) is 13.2 Å². The SMILES string of the molecule is COC(=O)C1(Sc2ccc3c(c2)OCCO3)CC1. The lowest BCUT2D eigenvalue weighted by atomic mass is 10.3. The normalized spacial score (nSPS) is 19.2. The maximum Gasteiger partial charge on any atom is 0.322 e. The van der Waals surface area contributed by atoms with Gasteiger partial charge in [-0.25, -0.2) is 0 Å². The van der Waals surface area contributed by atoms with Crippen LogP contribution in [0.2, 0.25) is 0 Å². The van der Waals surface area contributed by atoms with Gasteiger partial charge in [-0.2, -0.15) is 0 Å². The zero-order chi connectivity index (χ0) is 12.6. The van der Waals surface area contributed by atoms with E-state index in [9.17, 15) is 4.79 Å². The van der Waals surface area contributed by atoms with Gasteiger partial charge < -0.3 is 14.2 Å². The van der Waals surface area contributed by atoms with Gasteiger partial charge in [-0.3, -0.25) is 4.79 Å². The number of fused-ring (bicyclic) bond motifs is 1. The third kappa shape index (κ3) is 2.03. The van der Waals surface area contributed by atoms with E-state index in [-0.39, 0.29) is 10.7 Å². The molecule has 1 saturated carbocycles. The number of hydrogen-bond acceptors (Lipinski definition) is 5. The van der Waals surface area contributed by atoms with Crippen LogP contribution in [0.25, 0.3) is 0 Å². The largest absolute Gasteiger partial charge is 0.486 e. The molecule has 4 nitrogen and oxygen atoms in total. The van der Waals surface area contributed by atoms with Crippen LogP contribution in [0.5, 0.6) is 11.5 Å². The van der Waals surface area contributed by atoms with Crippen LogP contribution < -0.4 is 9.47 Å². The van der Waals surface area contributed by atoms with Gasteiger partial charge >= 0.3 is 5.97 Å². The molecule has 0 unspecified atom stereocenters. The fourth-order valence-corrected chi connectivity index (χ4v) is 3.19. The molecule has 96 valence electrons. The first kappa shape index (κ1) is 11.7. The summed E-state index contributed by atoms with van der Waals surface area (Å²) in [5.41, 5.74) is 0. The minimum absolute atomic E-state index is 0.137. The second-order valence-electron chi connectivity index (χ2n) is 4.39. The van der Waals surface area contributed by atoms with E-state index < -0.39 is 0 Å². The Bertz CT molecular complexity index is 482. The van der Waals surface area contributed by atoms with Gasteiger partial charge in [0.2, 0.25) is 0 Å². The van der Waals surface area contributed by atoms with Gasteiger partial charge in [-0.05, 0) is 31.0 Å². The van der Waals surface area contributed by atoms with Crippen LogP contribution in [-0.4, -0.2) is 31.0 Å². The van der Waals surface area contributed by atoms with Crippen molar-refractivity contribution in [1.29, 1.82) is 0 Å². The highest BCUT2D eigenvalue weighted by Gasteiger charge is 2.52. The fourth-order valence-electron chi connectivity index (χ4n) is 1.96. The zero-order valence-corrected chi connectivity index (χ0v) is 10.9. The molecule has 1 aliphatic carbocycles. The molecule has 0 aromatic heterocycles. The standard InChI is InChI=1S/C13H14O4S/c1-15-12(14)13(4-5-13)18-9-2-3-10-11(8-9)17-7-6-16-10/h2-3,8H,4-7H2,1H3. The molecular weight excluding hydrogens is 252 g/mol. The molecule has 5 heteroatoms. The highest BCUT2D eigenvalue weighted by Crippen LogP contribution is 2.53. The summed E-state index contributed by atoms with van der Waals surface area (Å²) in [4.78, 5) is 12.7. The summed E-state index contributed by atoms with van der Waals surface area (Å²) in [6, 6.07) is 5.79. The smallest absolute Gasteiger partial charge is 0.322 e. The minimum Gasteiger partial charge on any atom is -0.486 e. The van der Waals surface area contributed by atoms with E-state index in [1.165, 1.54) is 7.11 Å². The summed E-state index contributed by atoms with van der Waals surface area (Å²) in [6.45, 7) is 1.16. The van der Waals surface area contributed by atoms with Crippen molar-refractivity contribution >= 4 is 17.7 Å². The summed E-state index contributed by atoms with van der Waals surface area (Å²) < 4.78 is 15.5. The average Bonchev–Trinajstić information content (AvgIpc) is 3.18. The Morgan fingerprint density at radius 1 is 1.28 bits per heavy atom. The van der Waals surface area contributed by atoms with E-state index in [0.717, 1.165) is 29.2 Å². The third-order valence-corrected chi connectivity index (χ3v) is 4.54. The second-order valence-corrected chi connectivity index (χ2v) is 5.85. The third-order valence-electron chi connectivity index (χ3n) is 3.09. The van der Waals surface area contributed by atoms with E-state index in [4.69, 9.17) is 14.2 Å².